The van der Waals surface area contributed by atoms with E-state index in [1.807, 2.05) is 0 Å². The van der Waals surface area contributed by atoms with Crippen LogP contribution < -0.4 is 5.32 Å². The zero-order chi connectivity index (χ0) is 13.8. The molecule has 0 spiro atoms. The molecule has 0 aliphatic heterocycles. The molecule has 0 aliphatic rings. The molecule has 0 saturated heterocycles. The Labute approximate surface area is 109 Å². The number of para-hydroxylation sites is 1. The van der Waals surface area contributed by atoms with Crippen molar-refractivity contribution in [2.75, 3.05) is 5.32 Å². The number of halogens is 1. The van der Waals surface area contributed by atoms with E-state index in [9.17, 15) is 19.4 Å². The van der Waals surface area contributed by atoms with E-state index in [4.69, 9.17) is 0 Å². The largest absolute Gasteiger partial charge is 0.508 e. The summed E-state index contributed by atoms with van der Waals surface area (Å²) in [5.74, 6) is -2.07. The van der Waals surface area contributed by atoms with Crippen LogP contribution in [-0.2, 0) is 4.79 Å². The molecule has 0 saturated carbocycles. The van der Waals surface area contributed by atoms with Gasteiger partial charge in [0.1, 0.15) is 11.6 Å². The highest BCUT2D eigenvalue weighted by molar-refractivity contribution is 5.80. The molecule has 0 fully saturated rings. The fourth-order valence-electron chi connectivity index (χ4n) is 1.73. The van der Waals surface area contributed by atoms with Crippen LogP contribution in [0.5, 0.6) is 5.75 Å². The molecule has 5 heteroatoms. The SMILES string of the molecule is O=C(O)C(Nc1ccccc1)c1cc(F)ccc1O. The average molecular weight is 261 g/mol. The molecule has 3 N–H and O–H groups in total. The van der Waals surface area contributed by atoms with Gasteiger partial charge in [-0.15, -0.1) is 0 Å². The fraction of sp³-hybridized carbons (Fsp3) is 0.0714. The highest BCUT2D eigenvalue weighted by Gasteiger charge is 2.23. The summed E-state index contributed by atoms with van der Waals surface area (Å²) in [4.78, 5) is 11.3. The zero-order valence-corrected chi connectivity index (χ0v) is 9.88. The van der Waals surface area contributed by atoms with Gasteiger partial charge in [0.2, 0.25) is 0 Å². The highest BCUT2D eigenvalue weighted by Crippen LogP contribution is 2.28. The number of aliphatic carboxylic acids is 1. The number of aromatic hydroxyl groups is 1. The minimum atomic E-state index is -1.22. The Hall–Kier alpha value is -2.56. The van der Waals surface area contributed by atoms with E-state index in [1.54, 1.807) is 30.3 Å². The fourth-order valence-corrected chi connectivity index (χ4v) is 1.73. The quantitative estimate of drug-likeness (QED) is 0.791. The third-order valence-electron chi connectivity index (χ3n) is 2.63. The van der Waals surface area contributed by atoms with E-state index in [-0.39, 0.29) is 11.3 Å². The lowest BCUT2D eigenvalue weighted by atomic mass is 10.1. The van der Waals surface area contributed by atoms with Gasteiger partial charge in [0.05, 0.1) is 0 Å². The van der Waals surface area contributed by atoms with Crippen LogP contribution in [0.25, 0.3) is 0 Å². The molecule has 98 valence electrons. The lowest BCUT2D eigenvalue weighted by Gasteiger charge is -2.17. The number of hydrogen-bond donors (Lipinski definition) is 3. The molecule has 0 aliphatic carbocycles. The van der Waals surface area contributed by atoms with E-state index in [0.717, 1.165) is 18.2 Å². The maximum Gasteiger partial charge on any atom is 0.330 e. The third kappa shape index (κ3) is 3.01. The Morgan fingerprint density at radius 1 is 1.16 bits per heavy atom. The summed E-state index contributed by atoms with van der Waals surface area (Å²) in [5, 5.41) is 21.6. The number of carbonyl (C=O) groups is 1. The van der Waals surface area contributed by atoms with Crippen LogP contribution in [0.3, 0.4) is 0 Å². The first-order valence-corrected chi connectivity index (χ1v) is 5.61. The minimum absolute atomic E-state index is 0.0173. The average Bonchev–Trinajstić information content (AvgIpc) is 2.40. The second kappa shape index (κ2) is 5.39. The summed E-state index contributed by atoms with van der Waals surface area (Å²) in [6, 6.07) is 10.6. The number of anilines is 1. The normalized spacial score (nSPS) is 11.8. The summed E-state index contributed by atoms with van der Waals surface area (Å²) < 4.78 is 13.2. The van der Waals surface area contributed by atoms with Crippen molar-refractivity contribution < 1.29 is 19.4 Å². The number of nitrogens with one attached hydrogen (secondary N) is 1. The molecule has 0 radical (unpaired) electrons. The Bertz CT molecular complexity index is 586. The van der Waals surface area contributed by atoms with Crippen molar-refractivity contribution in [3.8, 4) is 5.75 Å². The summed E-state index contributed by atoms with van der Waals surface area (Å²) >= 11 is 0. The second-order valence-electron chi connectivity index (χ2n) is 3.98. The monoisotopic (exact) mass is 261 g/mol. The van der Waals surface area contributed by atoms with Gasteiger partial charge in [-0.25, -0.2) is 9.18 Å². The number of benzene rings is 2. The molecule has 0 bridgehead atoms. The third-order valence-corrected chi connectivity index (χ3v) is 2.63. The number of phenolic OH excluding ortho intramolecular Hbond substituents is 1. The van der Waals surface area contributed by atoms with Crippen LogP contribution in [0.4, 0.5) is 10.1 Å². The van der Waals surface area contributed by atoms with E-state index in [1.165, 1.54) is 0 Å². The Morgan fingerprint density at radius 3 is 2.47 bits per heavy atom. The molecule has 0 heterocycles. The molecule has 0 amide bonds. The number of carboxylic acid groups (broad SMARTS) is 1. The predicted molar refractivity (Wildman–Crippen MR) is 68.5 cm³/mol. The van der Waals surface area contributed by atoms with Gasteiger partial charge in [-0.3, -0.25) is 0 Å². The van der Waals surface area contributed by atoms with Crippen LogP contribution in [0.15, 0.2) is 48.5 Å². The van der Waals surface area contributed by atoms with Crippen LogP contribution in [0, 0.1) is 5.82 Å². The Kier molecular flexibility index (Phi) is 3.66. The van der Waals surface area contributed by atoms with E-state index >= 15 is 0 Å². The smallest absolute Gasteiger partial charge is 0.330 e. The van der Waals surface area contributed by atoms with Crippen molar-refractivity contribution in [3.63, 3.8) is 0 Å². The zero-order valence-electron chi connectivity index (χ0n) is 9.88. The molecule has 19 heavy (non-hydrogen) atoms. The minimum Gasteiger partial charge on any atom is -0.508 e. The van der Waals surface area contributed by atoms with Gasteiger partial charge in [-0.2, -0.15) is 0 Å². The van der Waals surface area contributed by atoms with Crippen molar-refractivity contribution in [1.82, 2.24) is 0 Å². The molecule has 2 rings (SSSR count). The van der Waals surface area contributed by atoms with Gasteiger partial charge >= 0.3 is 5.97 Å². The Morgan fingerprint density at radius 2 is 1.84 bits per heavy atom. The highest BCUT2D eigenvalue weighted by atomic mass is 19.1. The molecule has 2 aromatic carbocycles. The number of rotatable bonds is 4. The number of hydrogen-bond acceptors (Lipinski definition) is 3. The van der Waals surface area contributed by atoms with Gasteiger partial charge in [0, 0.05) is 11.3 Å². The van der Waals surface area contributed by atoms with E-state index in [0.29, 0.717) is 5.69 Å². The van der Waals surface area contributed by atoms with E-state index < -0.39 is 17.8 Å². The van der Waals surface area contributed by atoms with Gasteiger partial charge in [0.15, 0.2) is 6.04 Å². The summed E-state index contributed by atoms with van der Waals surface area (Å²) in [7, 11) is 0. The topological polar surface area (TPSA) is 69.6 Å². The maximum atomic E-state index is 13.2. The first-order chi connectivity index (χ1) is 9.08. The number of carboxylic acids is 1. The second-order valence-corrected chi connectivity index (χ2v) is 3.98. The molecule has 1 atom stereocenters. The van der Waals surface area contributed by atoms with Gasteiger partial charge in [-0.1, -0.05) is 18.2 Å². The molecule has 4 nitrogen and oxygen atoms in total. The van der Waals surface area contributed by atoms with Crippen molar-refractivity contribution in [2.45, 2.75) is 6.04 Å². The van der Waals surface area contributed by atoms with Crippen molar-refractivity contribution in [2.24, 2.45) is 0 Å². The molecule has 2 aromatic rings. The molecular formula is C14H12FNO3. The maximum absolute atomic E-state index is 13.2. The van der Waals surface area contributed by atoms with Gasteiger partial charge < -0.3 is 15.5 Å². The molecule has 1 unspecified atom stereocenters. The van der Waals surface area contributed by atoms with Crippen LogP contribution in [-0.4, -0.2) is 16.2 Å². The summed E-state index contributed by atoms with van der Waals surface area (Å²) in [5.41, 5.74) is 0.551. The van der Waals surface area contributed by atoms with Crippen molar-refractivity contribution in [3.05, 3.63) is 59.9 Å². The van der Waals surface area contributed by atoms with Gasteiger partial charge in [0.25, 0.3) is 0 Å². The van der Waals surface area contributed by atoms with Gasteiger partial charge in [-0.05, 0) is 30.3 Å². The van der Waals surface area contributed by atoms with Crippen molar-refractivity contribution in [1.29, 1.82) is 0 Å². The van der Waals surface area contributed by atoms with Crippen LogP contribution in [0.1, 0.15) is 11.6 Å². The lowest BCUT2D eigenvalue weighted by Crippen LogP contribution is -2.20. The van der Waals surface area contributed by atoms with E-state index in [2.05, 4.69) is 5.32 Å². The lowest BCUT2D eigenvalue weighted by molar-refractivity contribution is -0.138. The number of phenols is 1. The first kappa shape index (κ1) is 12.9. The van der Waals surface area contributed by atoms with Crippen molar-refractivity contribution >= 4 is 11.7 Å². The Balaban J connectivity index is 2.35. The van der Waals surface area contributed by atoms with Crippen LogP contribution >= 0.6 is 0 Å². The summed E-state index contributed by atoms with van der Waals surface area (Å²) in [6.45, 7) is 0. The first-order valence-electron chi connectivity index (χ1n) is 5.61. The van der Waals surface area contributed by atoms with Crippen LogP contribution in [0.2, 0.25) is 0 Å². The molecule has 0 aromatic heterocycles. The molecular weight excluding hydrogens is 249 g/mol. The predicted octanol–water partition coefficient (Wildman–Crippen LogP) is 2.77. The summed E-state index contributed by atoms with van der Waals surface area (Å²) in [6.07, 6.45) is 0. The standard InChI is InChI=1S/C14H12FNO3/c15-9-6-7-12(17)11(8-9)13(14(18)19)16-10-4-2-1-3-5-10/h1-8,13,16-17H,(H,18,19).